The maximum Gasteiger partial charge on any atom is 0.252 e. The average Bonchev–Trinajstić information content (AvgIpc) is 3.02. The summed E-state index contributed by atoms with van der Waals surface area (Å²) < 4.78 is 0. The minimum absolute atomic E-state index is 0. The number of carbonyl (C=O) groups excluding carboxylic acids is 1. The number of amides is 1. The summed E-state index contributed by atoms with van der Waals surface area (Å²) in [6.07, 6.45) is 3.19. The number of carbonyl (C=O) groups is 1. The number of nitrogens with one attached hydrogen (secondary N) is 2. The van der Waals surface area contributed by atoms with Gasteiger partial charge in [-0.2, -0.15) is 0 Å². The number of halogens is 1. The maximum absolute atomic E-state index is 12.0. The van der Waals surface area contributed by atoms with E-state index in [-0.39, 0.29) is 29.9 Å². The van der Waals surface area contributed by atoms with E-state index in [9.17, 15) is 4.79 Å². The average molecular weight is 488 g/mol. The molecule has 2 aromatic heterocycles. The van der Waals surface area contributed by atoms with Crippen molar-refractivity contribution in [2.75, 3.05) is 26.7 Å². The first-order valence-corrected chi connectivity index (χ1v) is 9.06. The lowest BCUT2D eigenvalue weighted by Gasteiger charge is -2.21. The summed E-state index contributed by atoms with van der Waals surface area (Å²) in [7, 11) is 1.98. The van der Waals surface area contributed by atoms with Gasteiger partial charge in [0.25, 0.3) is 5.91 Å². The molecule has 0 bridgehead atoms. The van der Waals surface area contributed by atoms with Crippen LogP contribution in [0.3, 0.4) is 0 Å². The predicted molar refractivity (Wildman–Crippen MR) is 116 cm³/mol. The van der Waals surface area contributed by atoms with E-state index in [1.807, 2.05) is 25.8 Å². The molecule has 0 aliphatic carbocycles. The van der Waals surface area contributed by atoms with Gasteiger partial charge in [-0.3, -0.25) is 14.8 Å². The Bertz CT molecular complexity index is 706. The molecule has 0 aliphatic rings. The van der Waals surface area contributed by atoms with Gasteiger partial charge in [-0.05, 0) is 26.0 Å². The lowest BCUT2D eigenvalue weighted by molar-refractivity contribution is 0.0954. The van der Waals surface area contributed by atoms with E-state index in [1.54, 1.807) is 35.9 Å². The van der Waals surface area contributed by atoms with Gasteiger partial charge in [0, 0.05) is 37.9 Å². The van der Waals surface area contributed by atoms with Crippen molar-refractivity contribution in [2.45, 2.75) is 20.4 Å². The summed E-state index contributed by atoms with van der Waals surface area (Å²) >= 11 is 1.64. The molecule has 2 heterocycles. The number of aliphatic imine (C=N–C) groups is 1. The predicted octanol–water partition coefficient (Wildman–Crippen LogP) is 2.29. The molecule has 0 atom stereocenters. The van der Waals surface area contributed by atoms with Crippen LogP contribution in [-0.2, 0) is 6.54 Å². The molecule has 26 heavy (non-hydrogen) atoms. The van der Waals surface area contributed by atoms with Crippen molar-refractivity contribution in [3.63, 3.8) is 0 Å². The first-order chi connectivity index (χ1) is 12.1. The lowest BCUT2D eigenvalue weighted by Crippen LogP contribution is -2.39. The first-order valence-electron chi connectivity index (χ1n) is 8.18. The van der Waals surface area contributed by atoms with Gasteiger partial charge < -0.3 is 15.5 Å². The zero-order chi connectivity index (χ0) is 18.1. The van der Waals surface area contributed by atoms with E-state index in [2.05, 4.69) is 31.0 Å². The second-order valence-corrected chi connectivity index (χ2v) is 6.51. The number of guanidine groups is 1. The van der Waals surface area contributed by atoms with E-state index < -0.39 is 0 Å². The molecular formula is C17H25IN6OS. The summed E-state index contributed by atoms with van der Waals surface area (Å²) in [5.74, 6) is 0.656. The molecule has 0 unspecified atom stereocenters. The smallest absolute Gasteiger partial charge is 0.252 e. The maximum atomic E-state index is 12.0. The van der Waals surface area contributed by atoms with Gasteiger partial charge in [0.1, 0.15) is 0 Å². The lowest BCUT2D eigenvalue weighted by atomic mass is 10.3. The number of aromatic nitrogens is 2. The van der Waals surface area contributed by atoms with Gasteiger partial charge in [0.2, 0.25) is 0 Å². The fraction of sp³-hybridized carbons (Fsp3) is 0.412. The summed E-state index contributed by atoms with van der Waals surface area (Å²) in [6, 6.07) is 3.48. The van der Waals surface area contributed by atoms with Gasteiger partial charge in [-0.15, -0.1) is 35.3 Å². The molecule has 7 nitrogen and oxygen atoms in total. The van der Waals surface area contributed by atoms with E-state index in [0.29, 0.717) is 25.2 Å². The van der Waals surface area contributed by atoms with Crippen LogP contribution in [0.4, 0.5) is 0 Å². The van der Waals surface area contributed by atoms with E-state index in [0.717, 1.165) is 23.2 Å². The van der Waals surface area contributed by atoms with E-state index in [4.69, 9.17) is 0 Å². The van der Waals surface area contributed by atoms with E-state index in [1.165, 1.54) is 0 Å². The van der Waals surface area contributed by atoms with E-state index >= 15 is 0 Å². The fourth-order valence-corrected chi connectivity index (χ4v) is 2.80. The highest BCUT2D eigenvalue weighted by molar-refractivity contribution is 14.0. The monoisotopic (exact) mass is 488 g/mol. The molecule has 1 amide bonds. The highest BCUT2D eigenvalue weighted by atomic mass is 127. The van der Waals surface area contributed by atoms with Crippen LogP contribution >= 0.6 is 35.3 Å². The number of thiazole rings is 1. The highest BCUT2D eigenvalue weighted by Gasteiger charge is 2.09. The largest absolute Gasteiger partial charge is 0.357 e. The highest BCUT2D eigenvalue weighted by Crippen LogP contribution is 2.09. The Balaban J connectivity index is 0.00000338. The van der Waals surface area contributed by atoms with Crippen molar-refractivity contribution in [2.24, 2.45) is 4.99 Å². The van der Waals surface area contributed by atoms with Crippen molar-refractivity contribution >= 4 is 47.2 Å². The third-order valence-corrected chi connectivity index (χ3v) is 4.17. The SMILES string of the molecule is CCNC(=NCCNC(=O)c1cccnc1)N(C)Cc1csc(C)n1.I. The number of nitrogens with zero attached hydrogens (tertiary/aromatic N) is 4. The van der Waals surface area contributed by atoms with Gasteiger partial charge >= 0.3 is 0 Å². The number of pyridine rings is 1. The van der Waals surface area contributed by atoms with Crippen molar-refractivity contribution in [3.05, 3.63) is 46.2 Å². The van der Waals surface area contributed by atoms with Crippen LogP contribution in [0.1, 0.15) is 28.0 Å². The molecule has 0 radical (unpaired) electrons. The Morgan fingerprint density at radius 2 is 2.19 bits per heavy atom. The van der Waals surface area contributed by atoms with Crippen molar-refractivity contribution in [1.82, 2.24) is 25.5 Å². The molecule has 9 heteroatoms. The molecule has 142 valence electrons. The molecule has 2 N–H and O–H groups in total. The zero-order valence-electron chi connectivity index (χ0n) is 15.2. The molecule has 0 aromatic carbocycles. The van der Waals surface area contributed by atoms with Crippen LogP contribution < -0.4 is 10.6 Å². The Kier molecular flexibility index (Phi) is 10.1. The number of hydrogen-bond donors (Lipinski definition) is 2. The summed E-state index contributed by atoms with van der Waals surface area (Å²) in [5.41, 5.74) is 1.58. The van der Waals surface area contributed by atoms with Gasteiger partial charge in [0.15, 0.2) is 5.96 Å². The summed E-state index contributed by atoms with van der Waals surface area (Å²) in [5, 5.41) is 9.22. The van der Waals surface area contributed by atoms with Crippen LogP contribution in [0.5, 0.6) is 0 Å². The second-order valence-electron chi connectivity index (χ2n) is 5.45. The summed E-state index contributed by atoms with van der Waals surface area (Å²) in [6.45, 7) is 6.46. The van der Waals surface area contributed by atoms with Crippen LogP contribution in [0.2, 0.25) is 0 Å². The Morgan fingerprint density at radius 1 is 1.38 bits per heavy atom. The third-order valence-electron chi connectivity index (χ3n) is 3.34. The minimum atomic E-state index is -0.139. The molecule has 0 fully saturated rings. The fourth-order valence-electron chi connectivity index (χ4n) is 2.20. The van der Waals surface area contributed by atoms with Crippen LogP contribution in [0, 0.1) is 6.92 Å². The number of aryl methyl sites for hydroxylation is 1. The Labute approximate surface area is 175 Å². The quantitative estimate of drug-likeness (QED) is 0.271. The topological polar surface area (TPSA) is 82.5 Å². The molecule has 2 aromatic rings. The number of hydrogen-bond acceptors (Lipinski definition) is 5. The molecule has 0 saturated carbocycles. The molecule has 0 saturated heterocycles. The van der Waals surface area contributed by atoms with Crippen LogP contribution in [-0.4, -0.2) is 53.4 Å². The number of rotatable bonds is 7. The zero-order valence-corrected chi connectivity index (χ0v) is 18.4. The minimum Gasteiger partial charge on any atom is -0.357 e. The standard InChI is InChI=1S/C17H24N6OS.HI/c1-4-19-17(23(3)11-15-12-25-13(2)22-15)21-9-8-20-16(24)14-6-5-7-18-10-14;/h5-7,10,12H,4,8-9,11H2,1-3H3,(H,19,21)(H,20,24);1H. The van der Waals surface area contributed by atoms with Gasteiger partial charge in [0.05, 0.1) is 29.4 Å². The normalized spacial score (nSPS) is 10.8. The van der Waals surface area contributed by atoms with Gasteiger partial charge in [-0.25, -0.2) is 4.98 Å². The van der Waals surface area contributed by atoms with Crippen LogP contribution in [0.25, 0.3) is 0 Å². The summed E-state index contributed by atoms with van der Waals surface area (Å²) in [4.78, 5) is 27.0. The van der Waals surface area contributed by atoms with Crippen molar-refractivity contribution < 1.29 is 4.79 Å². The third kappa shape index (κ3) is 7.24. The second kappa shape index (κ2) is 11.8. The Morgan fingerprint density at radius 3 is 2.81 bits per heavy atom. The Hall–Kier alpha value is -1.75. The van der Waals surface area contributed by atoms with Crippen molar-refractivity contribution in [1.29, 1.82) is 0 Å². The molecule has 0 spiro atoms. The molecule has 0 aliphatic heterocycles. The first kappa shape index (κ1) is 22.3. The van der Waals surface area contributed by atoms with Crippen LogP contribution in [0.15, 0.2) is 34.9 Å². The van der Waals surface area contributed by atoms with Gasteiger partial charge in [-0.1, -0.05) is 0 Å². The molecule has 2 rings (SSSR count). The molecular weight excluding hydrogens is 463 g/mol. The van der Waals surface area contributed by atoms with Crippen molar-refractivity contribution in [3.8, 4) is 0 Å².